The van der Waals surface area contributed by atoms with E-state index in [9.17, 15) is 0 Å². The fraction of sp³-hybridized carbons (Fsp3) is 0.462. The van der Waals surface area contributed by atoms with Crippen LogP contribution in [-0.2, 0) is 11.2 Å². The van der Waals surface area contributed by atoms with Crippen LogP contribution in [0.2, 0.25) is 0 Å². The second-order valence-corrected chi connectivity index (χ2v) is 3.84. The molecule has 0 atom stereocenters. The highest BCUT2D eigenvalue weighted by molar-refractivity contribution is 5.25. The van der Waals surface area contributed by atoms with Crippen LogP contribution < -0.4 is 0 Å². The largest absolute Gasteiger partial charge is 0.379 e. The Hall–Kier alpha value is -0.820. The van der Waals surface area contributed by atoms with Crippen LogP contribution in [0.4, 0.5) is 0 Å². The maximum absolute atomic E-state index is 5.48. The number of aryl methyl sites for hydroxylation is 1. The van der Waals surface area contributed by atoms with Gasteiger partial charge < -0.3 is 4.74 Å². The van der Waals surface area contributed by atoms with E-state index in [1.807, 2.05) is 6.07 Å². The molecular weight excluding hydrogens is 172 g/mol. The number of benzene rings is 1. The summed E-state index contributed by atoms with van der Waals surface area (Å²) in [4.78, 5) is 0. The topological polar surface area (TPSA) is 9.23 Å². The summed E-state index contributed by atoms with van der Waals surface area (Å²) in [6.07, 6.45) is 2.51. The van der Waals surface area contributed by atoms with Gasteiger partial charge in [-0.25, -0.2) is 0 Å². The van der Waals surface area contributed by atoms with Crippen LogP contribution in [0.15, 0.2) is 24.3 Å². The van der Waals surface area contributed by atoms with E-state index in [-0.39, 0.29) is 0 Å². The highest BCUT2D eigenvalue weighted by Gasteiger charge is 1.95. The van der Waals surface area contributed by atoms with E-state index in [0.29, 0.717) is 6.10 Å². The second kappa shape index (κ2) is 5.82. The Bertz CT molecular complexity index is 266. The predicted octanol–water partition coefficient (Wildman–Crippen LogP) is 3.23. The van der Waals surface area contributed by atoms with Gasteiger partial charge in [0.15, 0.2) is 0 Å². The second-order valence-electron chi connectivity index (χ2n) is 3.84. The van der Waals surface area contributed by atoms with Gasteiger partial charge in [-0.15, -0.1) is 0 Å². The molecule has 1 heteroatoms. The summed E-state index contributed by atoms with van der Waals surface area (Å²) in [6, 6.07) is 8.36. The van der Waals surface area contributed by atoms with Crippen molar-refractivity contribution in [2.75, 3.05) is 6.61 Å². The Labute approximate surface area is 87.1 Å². The lowest BCUT2D eigenvalue weighted by atomic mass is 10.1. The van der Waals surface area contributed by atoms with E-state index < -0.39 is 0 Å². The third-order valence-electron chi connectivity index (χ3n) is 2.05. The molecule has 0 spiro atoms. The Morgan fingerprint density at radius 1 is 1.36 bits per heavy atom. The van der Waals surface area contributed by atoms with E-state index in [0.717, 1.165) is 25.0 Å². The molecule has 0 aliphatic heterocycles. The average molecular weight is 191 g/mol. The number of ether oxygens (including phenoxy) is 1. The monoisotopic (exact) mass is 191 g/mol. The summed E-state index contributed by atoms with van der Waals surface area (Å²) < 4.78 is 5.48. The smallest absolute Gasteiger partial charge is 0.0518 e. The van der Waals surface area contributed by atoms with Gasteiger partial charge >= 0.3 is 0 Å². The van der Waals surface area contributed by atoms with Crippen LogP contribution in [0.1, 0.15) is 31.4 Å². The van der Waals surface area contributed by atoms with E-state index in [4.69, 9.17) is 4.74 Å². The van der Waals surface area contributed by atoms with Crippen LogP contribution in [0.25, 0.3) is 0 Å². The fourth-order valence-electron chi connectivity index (χ4n) is 1.38. The summed E-state index contributed by atoms with van der Waals surface area (Å²) in [7, 11) is 0. The maximum atomic E-state index is 5.48. The van der Waals surface area contributed by atoms with Gasteiger partial charge in [0.1, 0.15) is 0 Å². The summed E-state index contributed by atoms with van der Waals surface area (Å²) >= 11 is 0. The van der Waals surface area contributed by atoms with Crippen LogP contribution in [0, 0.1) is 6.92 Å². The average Bonchev–Trinajstić information content (AvgIpc) is 2.12. The zero-order valence-corrected chi connectivity index (χ0v) is 9.12. The van der Waals surface area contributed by atoms with Crippen molar-refractivity contribution >= 4 is 0 Å². The molecule has 0 N–H and O–H groups in total. The molecule has 0 fully saturated rings. The minimum atomic E-state index is 0.342. The van der Waals surface area contributed by atoms with Gasteiger partial charge in [0.2, 0.25) is 0 Å². The zero-order valence-electron chi connectivity index (χ0n) is 9.12. The Kier molecular flexibility index (Phi) is 4.68. The number of hydrogen-bond acceptors (Lipinski definition) is 1. The Morgan fingerprint density at radius 3 is 2.79 bits per heavy atom. The van der Waals surface area contributed by atoms with E-state index in [1.165, 1.54) is 5.56 Å². The van der Waals surface area contributed by atoms with Gasteiger partial charge in [-0.2, -0.15) is 0 Å². The standard InChI is InChI=1S/C13H19O/c1-11(2)14-9-5-8-13-7-4-6-12(3)10-13/h4,6-7,10-11H,3,5,8-9H2,1-2H3. The molecule has 0 saturated heterocycles. The molecule has 1 aromatic rings. The molecule has 0 aliphatic carbocycles. The van der Waals surface area contributed by atoms with Crippen molar-refractivity contribution in [3.63, 3.8) is 0 Å². The minimum Gasteiger partial charge on any atom is -0.379 e. The van der Waals surface area contributed by atoms with Crippen LogP contribution in [-0.4, -0.2) is 12.7 Å². The zero-order chi connectivity index (χ0) is 10.4. The van der Waals surface area contributed by atoms with Crippen molar-refractivity contribution in [1.29, 1.82) is 0 Å². The summed E-state index contributed by atoms with van der Waals surface area (Å²) in [5.41, 5.74) is 2.44. The van der Waals surface area contributed by atoms with Crippen molar-refractivity contribution in [3.8, 4) is 0 Å². The summed E-state index contributed by atoms with van der Waals surface area (Å²) in [5.74, 6) is 0. The highest BCUT2D eigenvalue weighted by Crippen LogP contribution is 2.06. The van der Waals surface area contributed by atoms with Gasteiger partial charge in [0.25, 0.3) is 0 Å². The summed E-state index contributed by atoms with van der Waals surface area (Å²) in [6.45, 7) is 8.88. The van der Waals surface area contributed by atoms with Gasteiger partial charge in [0, 0.05) is 6.61 Å². The van der Waals surface area contributed by atoms with Gasteiger partial charge in [-0.3, -0.25) is 0 Å². The van der Waals surface area contributed by atoms with Gasteiger partial charge in [0.05, 0.1) is 6.10 Å². The molecule has 1 nitrogen and oxygen atoms in total. The molecule has 77 valence electrons. The minimum absolute atomic E-state index is 0.342. The summed E-state index contributed by atoms with van der Waals surface area (Å²) in [5, 5.41) is 0. The normalized spacial score (nSPS) is 10.9. The number of rotatable bonds is 5. The molecule has 1 aromatic carbocycles. The maximum Gasteiger partial charge on any atom is 0.0518 e. The lowest BCUT2D eigenvalue weighted by molar-refractivity contribution is 0.0772. The van der Waals surface area contributed by atoms with Crippen molar-refractivity contribution < 1.29 is 4.74 Å². The third kappa shape index (κ3) is 4.43. The van der Waals surface area contributed by atoms with E-state index in [2.05, 4.69) is 39.0 Å². The molecule has 14 heavy (non-hydrogen) atoms. The molecule has 0 aliphatic rings. The van der Waals surface area contributed by atoms with Crippen LogP contribution >= 0.6 is 0 Å². The molecule has 1 rings (SSSR count). The fourth-order valence-corrected chi connectivity index (χ4v) is 1.38. The van der Waals surface area contributed by atoms with Crippen LogP contribution in [0.3, 0.4) is 0 Å². The third-order valence-corrected chi connectivity index (χ3v) is 2.05. The molecule has 0 unspecified atom stereocenters. The first-order valence-electron chi connectivity index (χ1n) is 5.21. The van der Waals surface area contributed by atoms with Crippen LogP contribution in [0.5, 0.6) is 0 Å². The lowest BCUT2D eigenvalue weighted by Gasteiger charge is -2.07. The Balaban J connectivity index is 2.25. The molecule has 0 aromatic heterocycles. The molecule has 1 radical (unpaired) electrons. The molecule has 0 amide bonds. The molecule has 0 bridgehead atoms. The van der Waals surface area contributed by atoms with Crippen molar-refractivity contribution in [2.24, 2.45) is 0 Å². The van der Waals surface area contributed by atoms with Gasteiger partial charge in [-0.1, -0.05) is 24.3 Å². The van der Waals surface area contributed by atoms with Gasteiger partial charge in [-0.05, 0) is 44.7 Å². The SMILES string of the molecule is [CH2]c1cccc(CCCOC(C)C)c1. The highest BCUT2D eigenvalue weighted by atomic mass is 16.5. The molecular formula is C13H19O. The van der Waals surface area contributed by atoms with Crippen molar-refractivity contribution in [2.45, 2.75) is 32.8 Å². The lowest BCUT2D eigenvalue weighted by Crippen LogP contribution is -2.04. The first-order valence-corrected chi connectivity index (χ1v) is 5.21. The number of hydrogen-bond donors (Lipinski definition) is 0. The predicted molar refractivity (Wildman–Crippen MR) is 60.3 cm³/mol. The van der Waals surface area contributed by atoms with Crippen molar-refractivity contribution in [3.05, 3.63) is 42.3 Å². The first kappa shape index (κ1) is 11.3. The quantitative estimate of drug-likeness (QED) is 0.649. The first-order chi connectivity index (χ1) is 6.68. The van der Waals surface area contributed by atoms with Crippen molar-refractivity contribution in [1.82, 2.24) is 0 Å². The van der Waals surface area contributed by atoms with E-state index >= 15 is 0 Å². The Morgan fingerprint density at radius 2 is 2.14 bits per heavy atom. The molecule has 0 heterocycles. The van der Waals surface area contributed by atoms with E-state index in [1.54, 1.807) is 0 Å². The molecule has 0 saturated carbocycles.